The number of nitrogens with two attached hydrogens (primary N) is 1. The van der Waals surface area contributed by atoms with Crippen LogP contribution >= 0.6 is 11.5 Å². The molecule has 1 unspecified atom stereocenters. The third-order valence-electron chi connectivity index (χ3n) is 2.92. The Morgan fingerprint density at radius 2 is 2.44 bits per heavy atom. The molecular weight excluding hydrogens is 254 g/mol. The zero-order chi connectivity index (χ0) is 13.3. The number of carbonyl (C=O) groups is 1. The molecule has 0 radical (unpaired) electrons. The summed E-state index contributed by atoms with van der Waals surface area (Å²) in [7, 11) is 0. The van der Waals surface area contributed by atoms with Crippen molar-refractivity contribution in [3.05, 3.63) is 5.56 Å². The number of rotatable bonds is 3. The van der Waals surface area contributed by atoms with Crippen LogP contribution in [0.5, 0.6) is 0 Å². The van der Waals surface area contributed by atoms with Crippen LogP contribution in [0.15, 0.2) is 0 Å². The molecule has 100 valence electrons. The fourth-order valence-corrected chi connectivity index (χ4v) is 2.85. The molecule has 1 fully saturated rings. The lowest BCUT2D eigenvalue weighted by atomic mass is 10.1. The number of anilines is 2. The van der Waals surface area contributed by atoms with Crippen molar-refractivity contribution >= 4 is 28.3 Å². The Labute approximate surface area is 110 Å². The van der Waals surface area contributed by atoms with Crippen molar-refractivity contribution in [2.24, 2.45) is 0 Å². The molecule has 7 heteroatoms. The summed E-state index contributed by atoms with van der Waals surface area (Å²) in [6, 6.07) is 0. The molecule has 18 heavy (non-hydrogen) atoms. The first-order valence-corrected chi connectivity index (χ1v) is 6.61. The first-order valence-electron chi connectivity index (χ1n) is 5.84. The van der Waals surface area contributed by atoms with Gasteiger partial charge in [0.25, 0.3) is 0 Å². The van der Waals surface area contributed by atoms with Crippen LogP contribution in [0.2, 0.25) is 0 Å². The van der Waals surface area contributed by atoms with Gasteiger partial charge in [-0.2, -0.15) is 4.37 Å². The Hall–Kier alpha value is -1.34. The molecule has 1 aromatic rings. The number of hydrogen-bond acceptors (Lipinski definition) is 7. The van der Waals surface area contributed by atoms with Crippen LogP contribution in [0, 0.1) is 0 Å². The van der Waals surface area contributed by atoms with Gasteiger partial charge in [-0.25, -0.2) is 4.79 Å². The van der Waals surface area contributed by atoms with E-state index in [1.807, 2.05) is 4.90 Å². The van der Waals surface area contributed by atoms with E-state index in [4.69, 9.17) is 10.5 Å². The molecule has 1 saturated heterocycles. The van der Waals surface area contributed by atoms with Gasteiger partial charge in [-0.3, -0.25) is 0 Å². The molecule has 6 nitrogen and oxygen atoms in total. The van der Waals surface area contributed by atoms with Crippen molar-refractivity contribution in [2.75, 3.05) is 30.3 Å². The first kappa shape index (κ1) is 13.1. The number of β-amino-alcohol motifs (C(OH)–C–C–N with tert-alkyl or cyclic N) is 1. The molecule has 3 N–H and O–H groups in total. The quantitative estimate of drug-likeness (QED) is 0.793. The average Bonchev–Trinajstić information content (AvgIpc) is 2.82. The number of aromatic nitrogens is 1. The lowest BCUT2D eigenvalue weighted by Gasteiger charge is -2.19. The number of ether oxygens (including phenoxy) is 1. The molecule has 2 heterocycles. The van der Waals surface area contributed by atoms with E-state index in [1.165, 1.54) is 11.5 Å². The third kappa shape index (κ3) is 2.41. The summed E-state index contributed by atoms with van der Waals surface area (Å²) in [5.41, 5.74) is 5.30. The minimum Gasteiger partial charge on any atom is -0.462 e. The molecule has 0 bridgehead atoms. The van der Waals surface area contributed by atoms with E-state index in [2.05, 4.69) is 4.37 Å². The summed E-state index contributed by atoms with van der Waals surface area (Å²) in [4.78, 5) is 13.8. The highest BCUT2D eigenvalue weighted by Crippen LogP contribution is 2.35. The topological polar surface area (TPSA) is 88.7 Å². The fraction of sp³-hybridized carbons (Fsp3) is 0.636. The number of esters is 1. The molecule has 0 saturated carbocycles. The average molecular weight is 271 g/mol. The smallest absolute Gasteiger partial charge is 0.345 e. The van der Waals surface area contributed by atoms with Gasteiger partial charge in [-0.1, -0.05) is 0 Å². The number of aliphatic hydroxyl groups is 1. The Kier molecular flexibility index (Phi) is 3.45. The lowest BCUT2D eigenvalue weighted by Crippen LogP contribution is -2.30. The van der Waals surface area contributed by atoms with Gasteiger partial charge >= 0.3 is 5.97 Å². The highest BCUT2D eigenvalue weighted by molar-refractivity contribution is 7.11. The van der Waals surface area contributed by atoms with Gasteiger partial charge in [0.1, 0.15) is 10.6 Å². The Morgan fingerprint density at radius 3 is 3.00 bits per heavy atom. The van der Waals surface area contributed by atoms with Crippen LogP contribution in [0.25, 0.3) is 0 Å². The molecule has 1 aliphatic heterocycles. The molecule has 0 aliphatic carbocycles. The maximum absolute atomic E-state index is 11.8. The normalized spacial score (nSPS) is 23.4. The minimum absolute atomic E-state index is 0.194. The molecule has 1 aliphatic rings. The van der Waals surface area contributed by atoms with Gasteiger partial charge in [-0.05, 0) is 31.8 Å². The molecule has 0 spiro atoms. The van der Waals surface area contributed by atoms with Crippen LogP contribution in [0.4, 0.5) is 10.8 Å². The zero-order valence-corrected chi connectivity index (χ0v) is 11.3. The maximum Gasteiger partial charge on any atom is 0.345 e. The van der Waals surface area contributed by atoms with Gasteiger partial charge < -0.3 is 20.5 Å². The predicted molar refractivity (Wildman–Crippen MR) is 69.9 cm³/mol. The van der Waals surface area contributed by atoms with Crippen LogP contribution in [0.3, 0.4) is 0 Å². The van der Waals surface area contributed by atoms with Gasteiger partial charge in [0.15, 0.2) is 5.82 Å². The summed E-state index contributed by atoms with van der Waals surface area (Å²) in [6.07, 6.45) is 0.660. The highest BCUT2D eigenvalue weighted by Gasteiger charge is 2.35. The third-order valence-corrected chi connectivity index (χ3v) is 3.84. The SMILES string of the molecule is CCOC(=O)c1c(N)nsc1N1CCC(C)(O)C1. The fourth-order valence-electron chi connectivity index (χ4n) is 2.02. The Morgan fingerprint density at radius 1 is 1.72 bits per heavy atom. The zero-order valence-electron chi connectivity index (χ0n) is 10.5. The van der Waals surface area contributed by atoms with Gasteiger partial charge in [-0.15, -0.1) is 0 Å². The summed E-state index contributed by atoms with van der Waals surface area (Å²) in [5.74, 6) is -0.259. The highest BCUT2D eigenvalue weighted by atomic mass is 32.1. The van der Waals surface area contributed by atoms with E-state index in [1.54, 1.807) is 13.8 Å². The number of carbonyl (C=O) groups excluding carboxylic acids is 1. The van der Waals surface area contributed by atoms with Crippen LogP contribution < -0.4 is 10.6 Å². The summed E-state index contributed by atoms with van der Waals surface area (Å²) < 4.78 is 8.99. The van der Waals surface area contributed by atoms with Gasteiger partial charge in [0, 0.05) is 13.1 Å². The van der Waals surface area contributed by atoms with E-state index < -0.39 is 11.6 Å². The standard InChI is InChI=1S/C11H17N3O3S/c1-3-17-10(15)7-8(12)13-18-9(7)14-5-4-11(2,16)6-14/h16H,3-6H2,1-2H3,(H2,12,13). The van der Waals surface area contributed by atoms with Crippen LogP contribution in [0.1, 0.15) is 30.6 Å². The monoisotopic (exact) mass is 271 g/mol. The van der Waals surface area contributed by atoms with E-state index >= 15 is 0 Å². The maximum atomic E-state index is 11.8. The van der Waals surface area contributed by atoms with Gasteiger partial charge in [0.2, 0.25) is 0 Å². The van der Waals surface area contributed by atoms with E-state index in [9.17, 15) is 9.90 Å². The molecule has 2 rings (SSSR count). The first-order chi connectivity index (χ1) is 8.44. The Bertz CT molecular complexity index is 458. The van der Waals surface area contributed by atoms with Crippen molar-refractivity contribution in [1.82, 2.24) is 4.37 Å². The van der Waals surface area contributed by atoms with E-state index in [0.29, 0.717) is 36.7 Å². The van der Waals surface area contributed by atoms with Crippen molar-refractivity contribution < 1.29 is 14.6 Å². The Balaban J connectivity index is 2.27. The van der Waals surface area contributed by atoms with Crippen molar-refractivity contribution in [3.63, 3.8) is 0 Å². The minimum atomic E-state index is -0.731. The predicted octanol–water partition coefficient (Wildman–Crippen LogP) is 0.863. The largest absolute Gasteiger partial charge is 0.462 e. The van der Waals surface area contributed by atoms with Crippen molar-refractivity contribution in [1.29, 1.82) is 0 Å². The summed E-state index contributed by atoms with van der Waals surface area (Å²) in [6.45, 7) is 4.98. The number of hydrogen-bond donors (Lipinski definition) is 2. The van der Waals surface area contributed by atoms with Crippen molar-refractivity contribution in [2.45, 2.75) is 25.9 Å². The summed E-state index contributed by atoms with van der Waals surface area (Å²) in [5, 5.41) is 10.6. The lowest BCUT2D eigenvalue weighted by molar-refractivity contribution is 0.0528. The second kappa shape index (κ2) is 4.74. The second-order valence-electron chi connectivity index (χ2n) is 4.64. The van der Waals surface area contributed by atoms with Gasteiger partial charge in [0.05, 0.1) is 12.2 Å². The molecule has 1 atom stereocenters. The van der Waals surface area contributed by atoms with E-state index in [-0.39, 0.29) is 5.82 Å². The number of nitrogens with zero attached hydrogens (tertiary/aromatic N) is 2. The molecule has 0 aromatic carbocycles. The molecular formula is C11H17N3O3S. The molecule has 1 aromatic heterocycles. The second-order valence-corrected chi connectivity index (χ2v) is 5.39. The number of nitrogen functional groups attached to an aromatic ring is 1. The summed E-state index contributed by atoms with van der Waals surface area (Å²) >= 11 is 1.17. The van der Waals surface area contributed by atoms with Crippen LogP contribution in [-0.2, 0) is 4.74 Å². The van der Waals surface area contributed by atoms with Crippen molar-refractivity contribution in [3.8, 4) is 0 Å². The molecule has 0 amide bonds. The van der Waals surface area contributed by atoms with E-state index in [0.717, 1.165) is 0 Å². The van der Waals surface area contributed by atoms with Crippen LogP contribution in [-0.4, -0.2) is 40.7 Å².